The summed E-state index contributed by atoms with van der Waals surface area (Å²) in [6, 6.07) is 3.10. The third kappa shape index (κ3) is 3.52. The van der Waals surface area contributed by atoms with Gasteiger partial charge >= 0.3 is 0 Å². The molecule has 7 heteroatoms. The van der Waals surface area contributed by atoms with Crippen LogP contribution in [0.4, 0.5) is 0 Å². The third-order valence-corrected chi connectivity index (χ3v) is 3.34. The van der Waals surface area contributed by atoms with E-state index in [1.54, 1.807) is 12.3 Å². The molecule has 0 spiro atoms. The average Bonchev–Trinajstić information content (AvgIpc) is 2.71. The molecule has 0 radical (unpaired) electrons. The number of nitrogens with zero attached hydrogens (tertiary/aromatic N) is 1. The molecule has 0 fully saturated rings. The molecule has 0 aliphatic rings. The lowest BCUT2D eigenvalue weighted by molar-refractivity contribution is 0.481. The van der Waals surface area contributed by atoms with Gasteiger partial charge in [-0.1, -0.05) is 13.8 Å². The Morgan fingerprint density at radius 2 is 2.16 bits per heavy atom. The molecule has 2 aromatic rings. The fraction of sp³-hybridized carbons (Fsp3) is 0.417. The van der Waals surface area contributed by atoms with E-state index in [2.05, 4.69) is 24.1 Å². The van der Waals surface area contributed by atoms with Crippen molar-refractivity contribution in [2.24, 2.45) is 11.1 Å². The van der Waals surface area contributed by atoms with E-state index < -0.39 is 10.0 Å². The zero-order valence-corrected chi connectivity index (χ0v) is 11.7. The molecule has 0 bridgehead atoms. The number of aromatic nitrogens is 1. The predicted octanol–water partition coefficient (Wildman–Crippen LogP) is 1.22. The quantitative estimate of drug-likeness (QED) is 0.859. The van der Waals surface area contributed by atoms with Gasteiger partial charge in [0.25, 0.3) is 10.0 Å². The largest absolute Gasteiger partial charge is 0.443 e. The second-order valence-corrected chi connectivity index (χ2v) is 6.34. The lowest BCUT2D eigenvalue weighted by Crippen LogP contribution is -2.19. The van der Waals surface area contributed by atoms with Crippen LogP contribution in [0.25, 0.3) is 11.0 Å². The first-order valence-electron chi connectivity index (χ1n) is 5.98. The highest BCUT2D eigenvalue weighted by Gasteiger charge is 2.14. The van der Waals surface area contributed by atoms with E-state index in [1.165, 1.54) is 6.07 Å². The molecule has 0 unspecified atom stereocenters. The topological polar surface area (TPSA) is 98.2 Å². The smallest absolute Gasteiger partial charge is 0.271 e. The summed E-state index contributed by atoms with van der Waals surface area (Å²) in [5.41, 5.74) is 1.27. The van der Waals surface area contributed by atoms with Crippen LogP contribution in [0.2, 0.25) is 0 Å². The van der Waals surface area contributed by atoms with Gasteiger partial charge in [-0.2, -0.15) is 0 Å². The fourth-order valence-electron chi connectivity index (χ4n) is 1.68. The summed E-state index contributed by atoms with van der Waals surface area (Å²) in [6.45, 7) is 5.74. The highest BCUT2D eigenvalue weighted by Crippen LogP contribution is 2.21. The highest BCUT2D eigenvalue weighted by molar-refractivity contribution is 7.89. The van der Waals surface area contributed by atoms with Crippen molar-refractivity contribution in [1.82, 2.24) is 10.3 Å². The summed E-state index contributed by atoms with van der Waals surface area (Å²) in [5.74, 6) is 0.557. The van der Waals surface area contributed by atoms with E-state index >= 15 is 0 Å². The van der Waals surface area contributed by atoms with E-state index in [-0.39, 0.29) is 5.09 Å². The van der Waals surface area contributed by atoms with Crippen molar-refractivity contribution in [3.8, 4) is 0 Å². The Morgan fingerprint density at radius 3 is 2.79 bits per heavy atom. The normalized spacial score (nSPS) is 12.4. The van der Waals surface area contributed by atoms with Gasteiger partial charge in [-0.05, 0) is 12.5 Å². The molecule has 2 aromatic heterocycles. The van der Waals surface area contributed by atoms with Gasteiger partial charge in [-0.3, -0.25) is 4.98 Å². The van der Waals surface area contributed by atoms with Crippen molar-refractivity contribution in [2.75, 3.05) is 6.54 Å². The van der Waals surface area contributed by atoms with Crippen molar-refractivity contribution >= 4 is 21.0 Å². The third-order valence-electron chi connectivity index (χ3n) is 2.57. The van der Waals surface area contributed by atoms with Gasteiger partial charge in [-0.25, -0.2) is 13.6 Å². The number of fused-ring (bicyclic) bond motifs is 1. The van der Waals surface area contributed by atoms with E-state index in [4.69, 9.17) is 9.56 Å². The molecule has 0 saturated heterocycles. The van der Waals surface area contributed by atoms with Crippen molar-refractivity contribution in [2.45, 2.75) is 25.5 Å². The second kappa shape index (κ2) is 5.28. The maximum atomic E-state index is 11.2. The summed E-state index contributed by atoms with van der Waals surface area (Å²) in [4.78, 5) is 4.24. The molecule has 0 aromatic carbocycles. The Morgan fingerprint density at radius 1 is 1.42 bits per heavy atom. The molecule has 3 N–H and O–H groups in total. The zero-order valence-electron chi connectivity index (χ0n) is 10.9. The van der Waals surface area contributed by atoms with Crippen LogP contribution < -0.4 is 10.5 Å². The van der Waals surface area contributed by atoms with E-state index in [9.17, 15) is 8.42 Å². The Labute approximate surface area is 112 Å². The first kappa shape index (κ1) is 14.0. The van der Waals surface area contributed by atoms with E-state index in [0.717, 1.165) is 12.2 Å². The van der Waals surface area contributed by atoms with Crippen molar-refractivity contribution in [3.05, 3.63) is 24.0 Å². The Balaban J connectivity index is 2.21. The number of pyridine rings is 1. The Bertz CT molecular complexity index is 677. The van der Waals surface area contributed by atoms with E-state index in [1.807, 2.05) is 0 Å². The van der Waals surface area contributed by atoms with Crippen molar-refractivity contribution in [3.63, 3.8) is 0 Å². The molecule has 6 nitrogen and oxygen atoms in total. The molecule has 0 aliphatic heterocycles. The predicted molar refractivity (Wildman–Crippen MR) is 71.9 cm³/mol. The number of nitrogens with one attached hydrogen (secondary N) is 1. The number of primary sulfonamides is 1. The number of hydrogen-bond donors (Lipinski definition) is 2. The molecule has 2 heterocycles. The molecular formula is C12H17N3O3S. The average molecular weight is 283 g/mol. The van der Waals surface area contributed by atoms with Crippen LogP contribution in [0.5, 0.6) is 0 Å². The van der Waals surface area contributed by atoms with Crippen LogP contribution in [-0.2, 0) is 16.6 Å². The number of rotatable bonds is 5. The summed E-state index contributed by atoms with van der Waals surface area (Å²) in [7, 11) is -3.82. The monoisotopic (exact) mass is 283 g/mol. The second-order valence-electron chi connectivity index (χ2n) is 4.85. The van der Waals surface area contributed by atoms with Crippen LogP contribution in [0.3, 0.4) is 0 Å². The highest BCUT2D eigenvalue weighted by atomic mass is 32.2. The minimum atomic E-state index is -3.82. The Hall–Kier alpha value is -1.44. The fourth-order valence-corrected chi connectivity index (χ4v) is 2.17. The van der Waals surface area contributed by atoms with Crippen LogP contribution in [0.15, 0.2) is 27.8 Å². The van der Waals surface area contributed by atoms with E-state index in [0.29, 0.717) is 23.4 Å². The van der Waals surface area contributed by atoms with Gasteiger partial charge in [0.2, 0.25) is 5.09 Å². The minimum Gasteiger partial charge on any atom is -0.443 e. The summed E-state index contributed by atoms with van der Waals surface area (Å²) in [5, 5.41) is 8.66. The van der Waals surface area contributed by atoms with Crippen LogP contribution in [0, 0.1) is 5.92 Å². The summed E-state index contributed by atoms with van der Waals surface area (Å²) < 4.78 is 27.6. The molecule has 0 aliphatic carbocycles. The molecule has 0 atom stereocenters. The number of sulfonamides is 1. The van der Waals surface area contributed by atoms with Crippen LogP contribution in [0.1, 0.15) is 19.5 Å². The lowest BCUT2D eigenvalue weighted by atomic mass is 10.2. The standard InChI is InChI=1S/C12H17N3O3S/c1-8(2)5-14-7-10-4-11-9(6-15-10)3-12(18-11)19(13,16)17/h3-4,6,8,14H,5,7H2,1-2H3,(H2,13,16,17). The minimum absolute atomic E-state index is 0.239. The van der Waals surface area contributed by atoms with Gasteiger partial charge in [0.05, 0.1) is 5.69 Å². The first-order valence-corrected chi connectivity index (χ1v) is 7.53. The van der Waals surface area contributed by atoms with Gasteiger partial charge in [0.15, 0.2) is 0 Å². The van der Waals surface area contributed by atoms with Gasteiger partial charge in [-0.15, -0.1) is 0 Å². The lowest BCUT2D eigenvalue weighted by Gasteiger charge is -2.06. The van der Waals surface area contributed by atoms with Gasteiger partial charge in [0.1, 0.15) is 5.58 Å². The molecule has 2 rings (SSSR count). The SMILES string of the molecule is CC(C)CNCc1cc2oc(S(N)(=O)=O)cc2cn1. The number of hydrogen-bond acceptors (Lipinski definition) is 5. The summed E-state index contributed by atoms with van der Waals surface area (Å²) >= 11 is 0. The van der Waals surface area contributed by atoms with Crippen molar-refractivity contribution < 1.29 is 12.8 Å². The maximum Gasteiger partial charge on any atom is 0.271 e. The van der Waals surface area contributed by atoms with Gasteiger partial charge < -0.3 is 9.73 Å². The molecule has 0 saturated carbocycles. The van der Waals surface area contributed by atoms with Crippen molar-refractivity contribution in [1.29, 1.82) is 0 Å². The summed E-state index contributed by atoms with van der Waals surface area (Å²) in [6.07, 6.45) is 1.58. The molecule has 19 heavy (non-hydrogen) atoms. The zero-order chi connectivity index (χ0) is 14.0. The number of nitrogens with two attached hydrogens (primary N) is 1. The Kier molecular flexibility index (Phi) is 3.88. The van der Waals surface area contributed by atoms with Crippen LogP contribution >= 0.6 is 0 Å². The first-order chi connectivity index (χ1) is 8.86. The molecular weight excluding hydrogens is 266 g/mol. The molecule has 104 valence electrons. The maximum absolute atomic E-state index is 11.2. The molecule has 0 amide bonds. The van der Waals surface area contributed by atoms with Gasteiger partial charge in [0, 0.05) is 30.3 Å². The van der Waals surface area contributed by atoms with Crippen LogP contribution in [-0.4, -0.2) is 19.9 Å². The number of furan rings is 1.